The van der Waals surface area contributed by atoms with Crippen LogP contribution in [0.4, 0.5) is 4.39 Å². The van der Waals surface area contributed by atoms with Gasteiger partial charge in [0.2, 0.25) is 0 Å². The summed E-state index contributed by atoms with van der Waals surface area (Å²) in [5, 5.41) is 0.908. The maximum Gasteiger partial charge on any atom is 0.278 e. The quantitative estimate of drug-likeness (QED) is 0.868. The Balaban J connectivity index is 2.07. The number of benzene rings is 1. The van der Waals surface area contributed by atoms with Gasteiger partial charge in [0.05, 0.1) is 0 Å². The van der Waals surface area contributed by atoms with E-state index in [9.17, 15) is 12.8 Å². The molecule has 2 aromatic rings. The molecular weight excluding hydrogens is 269 g/mol. The zero-order valence-electron chi connectivity index (χ0n) is 10.8. The van der Waals surface area contributed by atoms with Crippen LogP contribution in [0.2, 0.25) is 0 Å². The molecule has 0 radical (unpaired) electrons. The van der Waals surface area contributed by atoms with E-state index in [0.717, 1.165) is 15.3 Å². The number of halogens is 1. The molecular formula is C12H16FN3O2S. The summed E-state index contributed by atoms with van der Waals surface area (Å²) in [4.78, 5) is 2.97. The van der Waals surface area contributed by atoms with Gasteiger partial charge in [-0.25, -0.2) is 9.11 Å². The standard InChI is InChI=1S/C12H16FN3O2S/c1-16(2)19(17,18)15-6-5-9-8-14-12-7-10(13)3-4-11(9)12/h3-4,7-8,14-15H,5-6H2,1-2H3. The molecule has 0 aliphatic heterocycles. The lowest BCUT2D eigenvalue weighted by Crippen LogP contribution is -2.36. The minimum atomic E-state index is -3.40. The van der Waals surface area contributed by atoms with E-state index in [1.165, 1.54) is 26.2 Å². The lowest BCUT2D eigenvalue weighted by atomic mass is 10.1. The average molecular weight is 285 g/mol. The second-order valence-corrected chi connectivity index (χ2v) is 6.40. The van der Waals surface area contributed by atoms with Crippen LogP contribution in [0.1, 0.15) is 5.56 Å². The molecule has 5 nitrogen and oxygen atoms in total. The van der Waals surface area contributed by atoms with E-state index in [1.54, 1.807) is 12.3 Å². The van der Waals surface area contributed by atoms with Gasteiger partial charge in [-0.3, -0.25) is 0 Å². The van der Waals surface area contributed by atoms with Crippen LogP contribution >= 0.6 is 0 Å². The molecule has 0 bridgehead atoms. The summed E-state index contributed by atoms with van der Waals surface area (Å²) < 4.78 is 39.7. The minimum Gasteiger partial charge on any atom is -0.361 e. The van der Waals surface area contributed by atoms with E-state index in [-0.39, 0.29) is 5.82 Å². The summed E-state index contributed by atoms with van der Waals surface area (Å²) in [5.74, 6) is -0.297. The fraction of sp³-hybridized carbons (Fsp3) is 0.333. The Morgan fingerprint density at radius 3 is 2.79 bits per heavy atom. The lowest BCUT2D eigenvalue weighted by molar-refractivity contribution is 0.506. The summed E-state index contributed by atoms with van der Waals surface area (Å²) in [6.45, 7) is 0.296. The highest BCUT2D eigenvalue weighted by atomic mass is 32.2. The molecule has 0 saturated carbocycles. The molecule has 104 valence electrons. The zero-order chi connectivity index (χ0) is 14.0. The summed E-state index contributed by atoms with van der Waals surface area (Å²) in [7, 11) is -0.460. The summed E-state index contributed by atoms with van der Waals surface area (Å²) in [6.07, 6.45) is 2.31. The van der Waals surface area contributed by atoms with Crippen molar-refractivity contribution in [3.05, 3.63) is 35.8 Å². The van der Waals surface area contributed by atoms with E-state index in [2.05, 4.69) is 9.71 Å². The minimum absolute atomic E-state index is 0.296. The number of nitrogens with one attached hydrogen (secondary N) is 2. The largest absolute Gasteiger partial charge is 0.361 e. The van der Waals surface area contributed by atoms with Crippen LogP contribution in [0.3, 0.4) is 0 Å². The SMILES string of the molecule is CN(C)S(=O)(=O)NCCc1c[nH]c2cc(F)ccc12. The first kappa shape index (κ1) is 14.0. The number of nitrogens with zero attached hydrogens (tertiary/aromatic N) is 1. The van der Waals surface area contributed by atoms with Crippen LogP contribution in [0.25, 0.3) is 10.9 Å². The Kier molecular flexibility index (Phi) is 3.88. The Morgan fingerprint density at radius 2 is 2.11 bits per heavy atom. The molecule has 19 heavy (non-hydrogen) atoms. The first-order chi connectivity index (χ1) is 8.90. The van der Waals surface area contributed by atoms with Gasteiger partial charge >= 0.3 is 0 Å². The number of H-pyrrole nitrogens is 1. The van der Waals surface area contributed by atoms with Crippen LogP contribution < -0.4 is 4.72 Å². The van der Waals surface area contributed by atoms with Crippen molar-refractivity contribution in [3.8, 4) is 0 Å². The van der Waals surface area contributed by atoms with Gasteiger partial charge in [0.25, 0.3) is 10.2 Å². The third-order valence-electron chi connectivity index (χ3n) is 2.89. The lowest BCUT2D eigenvalue weighted by Gasteiger charge is -2.11. The number of hydrogen-bond donors (Lipinski definition) is 2. The van der Waals surface area contributed by atoms with Crippen LogP contribution in [0.5, 0.6) is 0 Å². The van der Waals surface area contributed by atoms with E-state index < -0.39 is 10.2 Å². The second-order valence-electron chi connectivity index (χ2n) is 4.44. The van der Waals surface area contributed by atoms with Crippen LogP contribution in [-0.4, -0.2) is 38.3 Å². The first-order valence-corrected chi connectivity index (χ1v) is 7.27. The van der Waals surface area contributed by atoms with Gasteiger partial charge in [-0.05, 0) is 30.2 Å². The molecule has 1 heterocycles. The van der Waals surface area contributed by atoms with Crippen molar-refractivity contribution in [1.29, 1.82) is 0 Å². The highest BCUT2D eigenvalue weighted by molar-refractivity contribution is 7.87. The molecule has 0 atom stereocenters. The predicted molar refractivity (Wildman–Crippen MR) is 72.6 cm³/mol. The molecule has 0 aliphatic rings. The normalized spacial score (nSPS) is 12.4. The summed E-state index contributed by atoms with van der Waals surface area (Å²) in [5.41, 5.74) is 1.67. The van der Waals surface area contributed by atoms with Crippen molar-refractivity contribution >= 4 is 21.1 Å². The fourth-order valence-corrected chi connectivity index (χ4v) is 2.43. The van der Waals surface area contributed by atoms with Gasteiger partial charge in [-0.15, -0.1) is 0 Å². The van der Waals surface area contributed by atoms with Crippen molar-refractivity contribution in [3.63, 3.8) is 0 Å². The monoisotopic (exact) mass is 285 g/mol. The van der Waals surface area contributed by atoms with Crippen molar-refractivity contribution in [2.75, 3.05) is 20.6 Å². The van der Waals surface area contributed by atoms with Crippen molar-refractivity contribution in [1.82, 2.24) is 14.0 Å². The Morgan fingerprint density at radius 1 is 1.37 bits per heavy atom. The molecule has 0 spiro atoms. The van der Waals surface area contributed by atoms with E-state index >= 15 is 0 Å². The molecule has 0 aliphatic carbocycles. The number of rotatable bonds is 5. The molecule has 1 aromatic carbocycles. The zero-order valence-corrected chi connectivity index (χ0v) is 11.6. The van der Waals surface area contributed by atoms with Crippen LogP contribution in [0, 0.1) is 5.82 Å². The highest BCUT2D eigenvalue weighted by Crippen LogP contribution is 2.19. The van der Waals surface area contributed by atoms with Crippen molar-refractivity contribution in [2.24, 2.45) is 0 Å². The van der Waals surface area contributed by atoms with Gasteiger partial charge in [-0.1, -0.05) is 0 Å². The van der Waals surface area contributed by atoms with E-state index in [0.29, 0.717) is 18.5 Å². The van der Waals surface area contributed by atoms with Crippen LogP contribution in [-0.2, 0) is 16.6 Å². The molecule has 7 heteroatoms. The van der Waals surface area contributed by atoms with Crippen molar-refractivity contribution in [2.45, 2.75) is 6.42 Å². The summed E-state index contributed by atoms with van der Waals surface area (Å²) in [6, 6.07) is 4.50. The Hall–Kier alpha value is -1.44. The Bertz CT molecular complexity index is 679. The molecule has 2 rings (SSSR count). The smallest absolute Gasteiger partial charge is 0.278 e. The van der Waals surface area contributed by atoms with Gasteiger partial charge < -0.3 is 4.98 Å². The molecule has 0 fully saturated rings. The number of aromatic amines is 1. The maximum absolute atomic E-state index is 13.0. The number of hydrogen-bond acceptors (Lipinski definition) is 2. The van der Waals surface area contributed by atoms with Crippen molar-refractivity contribution < 1.29 is 12.8 Å². The van der Waals surface area contributed by atoms with Crippen LogP contribution in [0.15, 0.2) is 24.4 Å². The van der Waals surface area contributed by atoms with E-state index in [4.69, 9.17) is 0 Å². The predicted octanol–water partition coefficient (Wildman–Crippen LogP) is 1.25. The van der Waals surface area contributed by atoms with Gasteiger partial charge in [-0.2, -0.15) is 12.7 Å². The van der Waals surface area contributed by atoms with Gasteiger partial charge in [0, 0.05) is 37.7 Å². The molecule has 0 saturated heterocycles. The summed E-state index contributed by atoms with van der Waals surface area (Å²) >= 11 is 0. The third kappa shape index (κ3) is 3.12. The highest BCUT2D eigenvalue weighted by Gasteiger charge is 2.12. The molecule has 2 N–H and O–H groups in total. The number of fused-ring (bicyclic) bond motifs is 1. The Labute approximate surface area is 111 Å². The molecule has 0 unspecified atom stereocenters. The average Bonchev–Trinajstić information content (AvgIpc) is 2.71. The molecule has 1 aromatic heterocycles. The fourth-order valence-electron chi connectivity index (χ4n) is 1.81. The third-order valence-corrected chi connectivity index (χ3v) is 4.42. The van der Waals surface area contributed by atoms with E-state index in [1.807, 2.05) is 0 Å². The topological polar surface area (TPSA) is 65.2 Å². The second kappa shape index (κ2) is 5.28. The first-order valence-electron chi connectivity index (χ1n) is 5.83. The van der Waals surface area contributed by atoms with Gasteiger partial charge in [0.1, 0.15) is 5.82 Å². The molecule has 0 amide bonds. The number of aromatic nitrogens is 1. The maximum atomic E-state index is 13.0. The van der Waals surface area contributed by atoms with Gasteiger partial charge in [0.15, 0.2) is 0 Å².